The average Bonchev–Trinajstić information content (AvgIpc) is 2.24. The van der Waals surface area contributed by atoms with Crippen molar-refractivity contribution in [2.24, 2.45) is 17.3 Å². The van der Waals surface area contributed by atoms with E-state index < -0.39 is 0 Å². The molecule has 2 nitrogen and oxygen atoms in total. The molecule has 1 heterocycles. The standard InChI is InChI=1S/C14H30N2/c1-6-14(4,10-15-5)11-16-8-7-12(2)13(3)9-16/h12-13,15H,6-11H2,1-5H3. The molecule has 0 aromatic rings. The molecule has 0 saturated carbocycles. The van der Waals surface area contributed by atoms with Gasteiger partial charge in [-0.05, 0) is 43.7 Å². The van der Waals surface area contributed by atoms with Crippen LogP contribution in [0.15, 0.2) is 0 Å². The molecule has 1 saturated heterocycles. The summed E-state index contributed by atoms with van der Waals surface area (Å²) in [6.45, 7) is 14.5. The minimum Gasteiger partial charge on any atom is -0.319 e. The highest BCUT2D eigenvalue weighted by Gasteiger charge is 2.29. The summed E-state index contributed by atoms with van der Waals surface area (Å²) in [5, 5.41) is 3.34. The third-order valence-electron chi connectivity index (χ3n) is 4.48. The summed E-state index contributed by atoms with van der Waals surface area (Å²) in [7, 11) is 2.06. The maximum Gasteiger partial charge on any atom is 0.00475 e. The van der Waals surface area contributed by atoms with Crippen LogP contribution >= 0.6 is 0 Å². The first-order valence-electron chi connectivity index (χ1n) is 6.87. The van der Waals surface area contributed by atoms with Crippen molar-refractivity contribution in [2.75, 3.05) is 33.2 Å². The van der Waals surface area contributed by atoms with Gasteiger partial charge in [0.2, 0.25) is 0 Å². The van der Waals surface area contributed by atoms with Gasteiger partial charge in [0.15, 0.2) is 0 Å². The topological polar surface area (TPSA) is 15.3 Å². The molecule has 3 unspecified atom stereocenters. The van der Waals surface area contributed by atoms with Crippen molar-refractivity contribution in [3.63, 3.8) is 0 Å². The highest BCUT2D eigenvalue weighted by atomic mass is 15.1. The number of likely N-dealkylation sites (tertiary alicyclic amines) is 1. The zero-order valence-electron chi connectivity index (χ0n) is 11.8. The van der Waals surface area contributed by atoms with E-state index >= 15 is 0 Å². The maximum atomic E-state index is 3.34. The smallest absolute Gasteiger partial charge is 0.00475 e. The first-order valence-corrected chi connectivity index (χ1v) is 6.87. The number of hydrogen-bond donors (Lipinski definition) is 1. The zero-order chi connectivity index (χ0) is 12.2. The first-order chi connectivity index (χ1) is 7.50. The van der Waals surface area contributed by atoms with Crippen LogP contribution in [0.5, 0.6) is 0 Å². The van der Waals surface area contributed by atoms with E-state index in [4.69, 9.17) is 0 Å². The van der Waals surface area contributed by atoms with Crippen LogP contribution in [0.3, 0.4) is 0 Å². The van der Waals surface area contributed by atoms with Crippen LogP contribution in [0.4, 0.5) is 0 Å². The molecule has 0 aromatic heterocycles. The number of piperidine rings is 1. The van der Waals surface area contributed by atoms with Crippen LogP contribution in [-0.4, -0.2) is 38.1 Å². The normalized spacial score (nSPS) is 31.3. The van der Waals surface area contributed by atoms with Crippen molar-refractivity contribution in [1.82, 2.24) is 10.2 Å². The van der Waals surface area contributed by atoms with E-state index in [9.17, 15) is 0 Å². The summed E-state index contributed by atoms with van der Waals surface area (Å²) < 4.78 is 0. The van der Waals surface area contributed by atoms with E-state index in [0.717, 1.165) is 18.4 Å². The molecule has 16 heavy (non-hydrogen) atoms. The van der Waals surface area contributed by atoms with Crippen molar-refractivity contribution in [3.8, 4) is 0 Å². The van der Waals surface area contributed by atoms with E-state index in [0.29, 0.717) is 5.41 Å². The second-order valence-corrected chi connectivity index (χ2v) is 6.17. The summed E-state index contributed by atoms with van der Waals surface area (Å²) in [5.74, 6) is 1.78. The Kier molecular flexibility index (Phi) is 5.26. The third-order valence-corrected chi connectivity index (χ3v) is 4.48. The Morgan fingerprint density at radius 1 is 1.31 bits per heavy atom. The lowest BCUT2D eigenvalue weighted by Crippen LogP contribution is -2.46. The quantitative estimate of drug-likeness (QED) is 0.775. The predicted octanol–water partition coefficient (Wildman–Crippen LogP) is 2.60. The van der Waals surface area contributed by atoms with Gasteiger partial charge in [-0.15, -0.1) is 0 Å². The minimum atomic E-state index is 0.440. The van der Waals surface area contributed by atoms with Crippen LogP contribution in [0, 0.1) is 17.3 Å². The van der Waals surface area contributed by atoms with Gasteiger partial charge in [0.25, 0.3) is 0 Å². The van der Waals surface area contributed by atoms with E-state index in [1.807, 2.05) is 0 Å². The molecule has 0 amide bonds. The lowest BCUT2D eigenvalue weighted by Gasteiger charge is -2.40. The van der Waals surface area contributed by atoms with Crippen molar-refractivity contribution in [1.29, 1.82) is 0 Å². The number of hydrogen-bond acceptors (Lipinski definition) is 2. The van der Waals surface area contributed by atoms with Crippen LogP contribution in [-0.2, 0) is 0 Å². The maximum absolute atomic E-state index is 3.34. The van der Waals surface area contributed by atoms with E-state index in [1.165, 1.54) is 32.5 Å². The second-order valence-electron chi connectivity index (χ2n) is 6.17. The Morgan fingerprint density at radius 3 is 2.50 bits per heavy atom. The molecule has 0 bridgehead atoms. The summed E-state index contributed by atoms with van der Waals surface area (Å²) in [5.41, 5.74) is 0.440. The van der Waals surface area contributed by atoms with Gasteiger partial charge in [-0.1, -0.05) is 27.7 Å². The molecule has 0 spiro atoms. The minimum absolute atomic E-state index is 0.440. The summed E-state index contributed by atoms with van der Waals surface area (Å²) >= 11 is 0. The van der Waals surface area contributed by atoms with Crippen molar-refractivity contribution in [2.45, 2.75) is 40.5 Å². The van der Waals surface area contributed by atoms with Gasteiger partial charge in [-0.2, -0.15) is 0 Å². The Hall–Kier alpha value is -0.0800. The molecule has 1 fully saturated rings. The fourth-order valence-electron chi connectivity index (χ4n) is 2.75. The molecule has 2 heteroatoms. The van der Waals surface area contributed by atoms with Gasteiger partial charge < -0.3 is 10.2 Å². The van der Waals surface area contributed by atoms with Gasteiger partial charge in [0.05, 0.1) is 0 Å². The molecule has 3 atom stereocenters. The van der Waals surface area contributed by atoms with Gasteiger partial charge in [-0.25, -0.2) is 0 Å². The Balaban J connectivity index is 2.46. The summed E-state index contributed by atoms with van der Waals surface area (Å²) in [6, 6.07) is 0. The molecule has 0 aromatic carbocycles. The van der Waals surface area contributed by atoms with Crippen LogP contribution in [0.25, 0.3) is 0 Å². The van der Waals surface area contributed by atoms with Gasteiger partial charge >= 0.3 is 0 Å². The monoisotopic (exact) mass is 226 g/mol. The van der Waals surface area contributed by atoms with Gasteiger partial charge in [0, 0.05) is 19.6 Å². The highest BCUT2D eigenvalue weighted by molar-refractivity contribution is 4.83. The molecule has 96 valence electrons. The zero-order valence-corrected chi connectivity index (χ0v) is 11.8. The molecule has 0 radical (unpaired) electrons. The SMILES string of the molecule is CCC(C)(CNC)CN1CCC(C)C(C)C1. The van der Waals surface area contributed by atoms with Crippen LogP contribution in [0.2, 0.25) is 0 Å². The fraction of sp³-hybridized carbons (Fsp3) is 1.00. The molecule has 0 aliphatic carbocycles. The van der Waals surface area contributed by atoms with E-state index in [1.54, 1.807) is 0 Å². The largest absolute Gasteiger partial charge is 0.319 e. The summed E-state index contributed by atoms with van der Waals surface area (Å²) in [6.07, 6.45) is 2.63. The second kappa shape index (κ2) is 6.02. The van der Waals surface area contributed by atoms with E-state index in [2.05, 4.69) is 45.0 Å². The van der Waals surface area contributed by atoms with E-state index in [-0.39, 0.29) is 0 Å². The Labute approximate surface area is 102 Å². The third kappa shape index (κ3) is 3.74. The first kappa shape index (κ1) is 14.0. The van der Waals surface area contributed by atoms with Gasteiger partial charge in [-0.3, -0.25) is 0 Å². The molecule has 1 N–H and O–H groups in total. The highest BCUT2D eigenvalue weighted by Crippen LogP contribution is 2.27. The molecule has 1 aliphatic heterocycles. The Bertz CT molecular complexity index is 205. The number of nitrogens with zero attached hydrogens (tertiary/aromatic N) is 1. The summed E-state index contributed by atoms with van der Waals surface area (Å²) in [4.78, 5) is 2.67. The Morgan fingerprint density at radius 2 is 2.00 bits per heavy atom. The molecule has 1 rings (SSSR count). The van der Waals surface area contributed by atoms with Crippen molar-refractivity contribution >= 4 is 0 Å². The lowest BCUT2D eigenvalue weighted by atomic mass is 9.83. The number of nitrogens with one attached hydrogen (secondary N) is 1. The van der Waals surface area contributed by atoms with Crippen molar-refractivity contribution < 1.29 is 0 Å². The predicted molar refractivity (Wildman–Crippen MR) is 71.7 cm³/mol. The lowest BCUT2D eigenvalue weighted by molar-refractivity contribution is 0.0878. The van der Waals surface area contributed by atoms with Crippen molar-refractivity contribution in [3.05, 3.63) is 0 Å². The van der Waals surface area contributed by atoms with Crippen LogP contribution < -0.4 is 5.32 Å². The van der Waals surface area contributed by atoms with Crippen LogP contribution in [0.1, 0.15) is 40.5 Å². The molecule has 1 aliphatic rings. The fourth-order valence-corrected chi connectivity index (χ4v) is 2.75. The molecular weight excluding hydrogens is 196 g/mol. The number of rotatable bonds is 5. The average molecular weight is 226 g/mol. The molecular formula is C14H30N2. The van der Waals surface area contributed by atoms with Gasteiger partial charge in [0.1, 0.15) is 0 Å².